The van der Waals surface area contributed by atoms with Crippen molar-refractivity contribution in [1.29, 1.82) is 0 Å². The highest BCUT2D eigenvalue weighted by atomic mass is 19.1. The van der Waals surface area contributed by atoms with E-state index < -0.39 is 23.0 Å². The van der Waals surface area contributed by atoms with Gasteiger partial charge in [-0.15, -0.1) is 0 Å². The molecular weight excluding hydrogens is 388 g/mol. The van der Waals surface area contributed by atoms with Crippen molar-refractivity contribution in [2.75, 3.05) is 6.54 Å². The van der Waals surface area contributed by atoms with Crippen LogP contribution in [0.4, 0.5) is 8.78 Å². The molecule has 1 amide bonds. The minimum Gasteiger partial charge on any atom is -0.478 e. The van der Waals surface area contributed by atoms with Gasteiger partial charge in [0.05, 0.1) is 5.56 Å². The zero-order valence-corrected chi connectivity index (χ0v) is 18.0. The maximum atomic E-state index is 14.1. The summed E-state index contributed by atoms with van der Waals surface area (Å²) in [4.78, 5) is 24.3. The molecule has 0 spiro atoms. The Labute approximate surface area is 176 Å². The van der Waals surface area contributed by atoms with Crippen molar-refractivity contribution >= 4 is 11.9 Å². The molecule has 0 aliphatic heterocycles. The molecule has 0 bridgehead atoms. The lowest BCUT2D eigenvalue weighted by Gasteiger charge is -2.40. The summed E-state index contributed by atoms with van der Waals surface area (Å²) in [6.07, 6.45) is 0. The third-order valence-electron chi connectivity index (χ3n) is 5.40. The fourth-order valence-corrected chi connectivity index (χ4v) is 3.98. The molecule has 0 aliphatic carbocycles. The Bertz CT molecular complexity index is 902. The van der Waals surface area contributed by atoms with Crippen LogP contribution in [0, 0.1) is 28.9 Å². The van der Waals surface area contributed by atoms with Gasteiger partial charge in [-0.05, 0) is 71.2 Å². The molecule has 0 fully saturated rings. The van der Waals surface area contributed by atoms with Crippen LogP contribution in [-0.4, -0.2) is 23.5 Å². The first kappa shape index (κ1) is 23.5. The SMILES string of the molecule is CC(C)C(CNC(=O)c1ccc(F)cc1)C(c1cc(F)ccc1C(=O)O)C(C)(C)C. The van der Waals surface area contributed by atoms with Gasteiger partial charge in [0, 0.05) is 12.1 Å². The van der Waals surface area contributed by atoms with E-state index in [0.717, 1.165) is 6.07 Å². The molecular formula is C24H29F2NO3. The molecule has 2 aromatic rings. The molecule has 30 heavy (non-hydrogen) atoms. The van der Waals surface area contributed by atoms with Crippen LogP contribution in [0.5, 0.6) is 0 Å². The van der Waals surface area contributed by atoms with Crippen LogP contribution in [0.3, 0.4) is 0 Å². The molecule has 0 aromatic heterocycles. The van der Waals surface area contributed by atoms with Crippen molar-refractivity contribution in [2.45, 2.75) is 40.5 Å². The molecule has 0 radical (unpaired) electrons. The van der Waals surface area contributed by atoms with Crippen molar-refractivity contribution in [1.82, 2.24) is 5.32 Å². The number of carbonyl (C=O) groups excluding carboxylic acids is 1. The van der Waals surface area contributed by atoms with Gasteiger partial charge in [0.1, 0.15) is 11.6 Å². The number of aromatic carboxylic acids is 1. The highest BCUT2D eigenvalue weighted by Crippen LogP contribution is 2.45. The molecule has 0 saturated carbocycles. The van der Waals surface area contributed by atoms with Gasteiger partial charge in [-0.2, -0.15) is 0 Å². The van der Waals surface area contributed by atoms with E-state index in [-0.39, 0.29) is 35.8 Å². The van der Waals surface area contributed by atoms with E-state index >= 15 is 0 Å². The normalized spacial score (nSPS) is 13.7. The average Bonchev–Trinajstić information content (AvgIpc) is 2.63. The van der Waals surface area contributed by atoms with Crippen molar-refractivity contribution in [3.05, 3.63) is 70.8 Å². The zero-order chi connectivity index (χ0) is 22.6. The Morgan fingerprint density at radius 1 is 1.00 bits per heavy atom. The monoisotopic (exact) mass is 417 g/mol. The first-order valence-electron chi connectivity index (χ1n) is 9.98. The van der Waals surface area contributed by atoms with Gasteiger partial charge in [-0.3, -0.25) is 4.79 Å². The number of carboxylic acids is 1. The quantitative estimate of drug-likeness (QED) is 0.626. The predicted molar refractivity (Wildman–Crippen MR) is 113 cm³/mol. The maximum Gasteiger partial charge on any atom is 0.335 e. The Kier molecular flexibility index (Phi) is 7.34. The van der Waals surface area contributed by atoms with E-state index in [1.54, 1.807) is 0 Å². The Balaban J connectivity index is 2.40. The minimum atomic E-state index is -1.11. The highest BCUT2D eigenvalue weighted by Gasteiger charge is 2.37. The lowest BCUT2D eigenvalue weighted by atomic mass is 9.65. The molecule has 0 aliphatic rings. The first-order valence-corrected chi connectivity index (χ1v) is 9.98. The van der Waals surface area contributed by atoms with Gasteiger partial charge in [0.15, 0.2) is 0 Å². The molecule has 6 heteroatoms. The molecule has 0 saturated heterocycles. The molecule has 0 heterocycles. The number of hydrogen-bond donors (Lipinski definition) is 2. The number of amides is 1. The number of nitrogens with one attached hydrogen (secondary N) is 1. The fraction of sp³-hybridized carbons (Fsp3) is 0.417. The van der Waals surface area contributed by atoms with Crippen LogP contribution >= 0.6 is 0 Å². The summed E-state index contributed by atoms with van der Waals surface area (Å²) in [6, 6.07) is 8.98. The number of rotatable bonds is 7. The van der Waals surface area contributed by atoms with Crippen molar-refractivity contribution in [3.63, 3.8) is 0 Å². The summed E-state index contributed by atoms with van der Waals surface area (Å²) in [6.45, 7) is 10.2. The van der Waals surface area contributed by atoms with Crippen molar-refractivity contribution < 1.29 is 23.5 Å². The average molecular weight is 417 g/mol. The van der Waals surface area contributed by atoms with E-state index in [1.165, 1.54) is 36.4 Å². The topological polar surface area (TPSA) is 66.4 Å². The zero-order valence-electron chi connectivity index (χ0n) is 18.0. The van der Waals surface area contributed by atoms with Gasteiger partial charge >= 0.3 is 5.97 Å². The molecule has 162 valence electrons. The number of carboxylic acid groups (broad SMARTS) is 1. The van der Waals surface area contributed by atoms with Crippen molar-refractivity contribution in [3.8, 4) is 0 Å². The number of benzene rings is 2. The van der Waals surface area contributed by atoms with E-state index in [0.29, 0.717) is 11.1 Å². The minimum absolute atomic E-state index is 0.0619. The molecule has 2 aromatic carbocycles. The number of hydrogen-bond acceptors (Lipinski definition) is 2. The van der Waals surface area contributed by atoms with Gasteiger partial charge in [-0.1, -0.05) is 34.6 Å². The molecule has 2 unspecified atom stereocenters. The molecule has 2 atom stereocenters. The number of carbonyl (C=O) groups is 2. The smallest absolute Gasteiger partial charge is 0.335 e. The Morgan fingerprint density at radius 3 is 2.07 bits per heavy atom. The summed E-state index contributed by atoms with van der Waals surface area (Å²) in [5.74, 6) is -2.79. The van der Waals surface area contributed by atoms with E-state index in [1.807, 2.05) is 34.6 Å². The summed E-state index contributed by atoms with van der Waals surface area (Å²) < 4.78 is 27.2. The second-order valence-corrected chi connectivity index (χ2v) is 9.01. The standard InChI is InChI=1S/C24H29F2NO3/c1-14(2)20(13-27-22(28)15-6-8-16(25)9-7-15)21(24(3,4)5)19-12-17(26)10-11-18(19)23(29)30/h6-12,14,20-21H,13H2,1-5H3,(H,27,28)(H,29,30). The highest BCUT2D eigenvalue weighted by molar-refractivity contribution is 5.94. The molecule has 4 nitrogen and oxygen atoms in total. The predicted octanol–water partition coefficient (Wildman–Crippen LogP) is 5.49. The molecule has 2 N–H and O–H groups in total. The van der Waals surface area contributed by atoms with Crippen LogP contribution in [-0.2, 0) is 0 Å². The van der Waals surface area contributed by atoms with Crippen LogP contribution in [0.2, 0.25) is 0 Å². The Morgan fingerprint density at radius 2 is 1.57 bits per heavy atom. The summed E-state index contributed by atoms with van der Waals surface area (Å²) in [5.41, 5.74) is 0.424. The third-order valence-corrected chi connectivity index (χ3v) is 5.40. The Hall–Kier alpha value is -2.76. The van der Waals surface area contributed by atoms with Gasteiger partial charge in [-0.25, -0.2) is 13.6 Å². The van der Waals surface area contributed by atoms with Crippen LogP contribution in [0.1, 0.15) is 66.8 Å². The maximum absolute atomic E-state index is 14.1. The van der Waals surface area contributed by atoms with Gasteiger partial charge < -0.3 is 10.4 Å². The van der Waals surface area contributed by atoms with Crippen LogP contribution < -0.4 is 5.32 Å². The van der Waals surface area contributed by atoms with E-state index in [9.17, 15) is 23.5 Å². The second kappa shape index (κ2) is 9.37. The van der Waals surface area contributed by atoms with Crippen molar-refractivity contribution in [2.24, 2.45) is 17.3 Å². The summed E-state index contributed by atoms with van der Waals surface area (Å²) >= 11 is 0. The van der Waals surface area contributed by atoms with Crippen LogP contribution in [0.25, 0.3) is 0 Å². The van der Waals surface area contributed by atoms with Crippen LogP contribution in [0.15, 0.2) is 42.5 Å². The lowest BCUT2D eigenvalue weighted by Crippen LogP contribution is -2.39. The van der Waals surface area contributed by atoms with Gasteiger partial charge in [0.2, 0.25) is 0 Å². The third kappa shape index (κ3) is 5.65. The number of halogens is 2. The first-order chi connectivity index (χ1) is 13.9. The van der Waals surface area contributed by atoms with E-state index in [2.05, 4.69) is 5.32 Å². The van der Waals surface area contributed by atoms with Gasteiger partial charge in [0.25, 0.3) is 5.91 Å². The van der Waals surface area contributed by atoms with E-state index in [4.69, 9.17) is 0 Å². The second-order valence-electron chi connectivity index (χ2n) is 9.01. The molecule has 2 rings (SSSR count). The summed E-state index contributed by atoms with van der Waals surface area (Å²) in [5, 5.41) is 12.5. The summed E-state index contributed by atoms with van der Waals surface area (Å²) in [7, 11) is 0. The largest absolute Gasteiger partial charge is 0.478 e. The lowest BCUT2D eigenvalue weighted by molar-refractivity contribution is 0.0690. The fourth-order valence-electron chi connectivity index (χ4n) is 3.98.